The van der Waals surface area contributed by atoms with Gasteiger partial charge in [-0.25, -0.2) is 0 Å². The van der Waals surface area contributed by atoms with Gasteiger partial charge >= 0.3 is 0 Å². The molecule has 2 rings (SSSR count). The number of hydrogen-bond donors (Lipinski definition) is 1. The van der Waals surface area contributed by atoms with Gasteiger partial charge in [-0.15, -0.1) is 0 Å². The zero-order valence-electron chi connectivity index (χ0n) is 8.74. The van der Waals surface area contributed by atoms with Crippen LogP contribution in [0.25, 0.3) is 0 Å². The molecule has 0 aliphatic carbocycles. The molecule has 0 spiro atoms. The molecule has 0 unspecified atom stereocenters. The molecule has 0 radical (unpaired) electrons. The van der Waals surface area contributed by atoms with Gasteiger partial charge in [0.1, 0.15) is 0 Å². The van der Waals surface area contributed by atoms with E-state index in [2.05, 4.69) is 22.9 Å². The van der Waals surface area contributed by atoms with E-state index in [9.17, 15) is 5.11 Å². The highest BCUT2D eigenvalue weighted by atomic mass is 79.9. The molecule has 1 saturated heterocycles. The molecular weight excluding hydrogens is 272 g/mol. The third kappa shape index (κ3) is 2.40. The fourth-order valence-corrected chi connectivity index (χ4v) is 3.73. The number of aliphatic hydroxyl groups is 1. The maximum absolute atomic E-state index is 10.6. The third-order valence-corrected chi connectivity index (χ3v) is 5.09. The van der Waals surface area contributed by atoms with Gasteiger partial charge in [0.15, 0.2) is 0 Å². The van der Waals surface area contributed by atoms with E-state index in [1.165, 1.54) is 0 Å². The van der Waals surface area contributed by atoms with Crippen molar-refractivity contribution in [1.29, 1.82) is 0 Å². The lowest BCUT2D eigenvalue weighted by Gasteiger charge is -2.35. The Morgan fingerprint density at radius 3 is 2.80 bits per heavy atom. The van der Waals surface area contributed by atoms with Crippen molar-refractivity contribution in [3.05, 3.63) is 34.3 Å². The Morgan fingerprint density at radius 2 is 2.20 bits per heavy atom. The summed E-state index contributed by atoms with van der Waals surface area (Å²) < 4.78 is 1.02. The van der Waals surface area contributed by atoms with Crippen LogP contribution in [-0.2, 0) is 5.60 Å². The lowest BCUT2D eigenvalue weighted by Crippen LogP contribution is -2.34. The second-order valence-electron chi connectivity index (χ2n) is 4.17. The van der Waals surface area contributed by atoms with E-state index in [-0.39, 0.29) is 0 Å². The number of hydrogen-bond acceptors (Lipinski definition) is 2. The zero-order valence-corrected chi connectivity index (χ0v) is 11.1. The van der Waals surface area contributed by atoms with E-state index in [0.29, 0.717) is 5.25 Å². The van der Waals surface area contributed by atoms with E-state index < -0.39 is 5.60 Å². The molecule has 1 N–H and O–H groups in total. The molecule has 3 heteroatoms. The van der Waals surface area contributed by atoms with Crippen LogP contribution in [0.4, 0.5) is 0 Å². The largest absolute Gasteiger partial charge is 0.384 e. The van der Waals surface area contributed by atoms with Gasteiger partial charge < -0.3 is 5.11 Å². The molecule has 1 heterocycles. The Kier molecular flexibility index (Phi) is 3.43. The van der Waals surface area contributed by atoms with Crippen molar-refractivity contribution in [2.75, 3.05) is 5.75 Å². The van der Waals surface area contributed by atoms with Crippen LogP contribution >= 0.6 is 27.7 Å². The van der Waals surface area contributed by atoms with E-state index in [1.807, 2.05) is 36.0 Å². The number of halogens is 1. The maximum atomic E-state index is 10.6. The summed E-state index contributed by atoms with van der Waals surface area (Å²) in [6.45, 7) is 2.23. The van der Waals surface area contributed by atoms with Crippen LogP contribution in [-0.4, -0.2) is 16.1 Å². The monoisotopic (exact) mass is 286 g/mol. The highest BCUT2D eigenvalue weighted by Crippen LogP contribution is 2.41. The minimum Gasteiger partial charge on any atom is -0.384 e. The van der Waals surface area contributed by atoms with Gasteiger partial charge in [-0.05, 0) is 24.5 Å². The quantitative estimate of drug-likeness (QED) is 0.852. The number of benzene rings is 1. The van der Waals surface area contributed by atoms with Gasteiger partial charge in [0.05, 0.1) is 5.60 Å². The molecule has 1 aromatic carbocycles. The van der Waals surface area contributed by atoms with Gasteiger partial charge in [0, 0.05) is 15.5 Å². The predicted octanol–water partition coefficient (Wildman–Crippen LogP) is 3.55. The number of thioether (sulfide) groups is 1. The normalized spacial score (nSPS) is 31.5. The third-order valence-electron chi connectivity index (χ3n) is 2.95. The summed E-state index contributed by atoms with van der Waals surface area (Å²) in [5, 5.41) is 11.3. The van der Waals surface area contributed by atoms with Crippen LogP contribution in [0.2, 0.25) is 0 Å². The van der Waals surface area contributed by atoms with Crippen molar-refractivity contribution in [3.63, 3.8) is 0 Å². The van der Waals surface area contributed by atoms with Crippen molar-refractivity contribution in [2.45, 2.75) is 30.6 Å². The maximum Gasteiger partial charge on any atom is 0.0997 e. The summed E-state index contributed by atoms with van der Waals surface area (Å²) in [6.07, 6.45) is 1.95. The molecule has 0 amide bonds. The van der Waals surface area contributed by atoms with Gasteiger partial charge in [0.25, 0.3) is 0 Å². The molecule has 1 aliphatic heterocycles. The summed E-state index contributed by atoms with van der Waals surface area (Å²) in [5.74, 6) is 0.802. The second kappa shape index (κ2) is 4.48. The fraction of sp³-hybridized carbons (Fsp3) is 0.500. The van der Waals surface area contributed by atoms with Gasteiger partial charge in [0.2, 0.25) is 0 Å². The summed E-state index contributed by atoms with van der Waals surface area (Å²) >= 11 is 5.37. The van der Waals surface area contributed by atoms with Crippen LogP contribution in [0.15, 0.2) is 28.7 Å². The molecular formula is C12H15BrOS. The Morgan fingerprint density at radius 1 is 1.47 bits per heavy atom. The van der Waals surface area contributed by atoms with Crippen LogP contribution in [0.5, 0.6) is 0 Å². The predicted molar refractivity (Wildman–Crippen MR) is 69.2 cm³/mol. The molecule has 0 bridgehead atoms. The first-order valence-electron chi connectivity index (χ1n) is 5.21. The second-order valence-corrected chi connectivity index (χ2v) is 6.45. The van der Waals surface area contributed by atoms with Crippen LogP contribution in [0.3, 0.4) is 0 Å². The van der Waals surface area contributed by atoms with Crippen LogP contribution < -0.4 is 0 Å². The van der Waals surface area contributed by atoms with E-state index in [0.717, 1.165) is 28.6 Å². The van der Waals surface area contributed by atoms with Crippen molar-refractivity contribution in [3.8, 4) is 0 Å². The van der Waals surface area contributed by atoms with Gasteiger partial charge in [-0.1, -0.05) is 41.1 Å². The SMILES string of the molecule is C[C@@H]1CC[C@](O)(c2ccccc2Br)CS1. The Bertz CT molecular complexity index is 345. The minimum absolute atomic E-state index is 0.642. The molecule has 1 aromatic rings. The standard InChI is InChI=1S/C12H15BrOS/c1-9-6-7-12(14,8-15-9)10-4-2-3-5-11(10)13/h2-5,9,14H,6-8H2,1H3/t9-,12-/m1/s1. The summed E-state index contributed by atoms with van der Waals surface area (Å²) in [7, 11) is 0. The topological polar surface area (TPSA) is 20.2 Å². The van der Waals surface area contributed by atoms with E-state index >= 15 is 0 Å². The average molecular weight is 287 g/mol. The Labute approximate surface area is 103 Å². The molecule has 0 saturated carbocycles. The molecule has 82 valence electrons. The minimum atomic E-state index is -0.642. The first-order valence-corrected chi connectivity index (χ1v) is 7.05. The highest BCUT2D eigenvalue weighted by molar-refractivity contribution is 9.10. The van der Waals surface area contributed by atoms with Crippen molar-refractivity contribution >= 4 is 27.7 Å². The Balaban J connectivity index is 2.26. The van der Waals surface area contributed by atoms with Crippen LogP contribution in [0.1, 0.15) is 25.3 Å². The smallest absolute Gasteiger partial charge is 0.0997 e. The molecule has 1 fully saturated rings. The molecule has 2 atom stereocenters. The van der Waals surface area contributed by atoms with Crippen molar-refractivity contribution < 1.29 is 5.11 Å². The summed E-state index contributed by atoms with van der Waals surface area (Å²) in [5.41, 5.74) is 0.390. The lowest BCUT2D eigenvalue weighted by atomic mass is 9.90. The first-order chi connectivity index (χ1) is 7.12. The van der Waals surface area contributed by atoms with Crippen LogP contribution in [0, 0.1) is 0 Å². The zero-order chi connectivity index (χ0) is 10.9. The van der Waals surface area contributed by atoms with E-state index in [1.54, 1.807) is 0 Å². The molecule has 0 aromatic heterocycles. The van der Waals surface area contributed by atoms with E-state index in [4.69, 9.17) is 0 Å². The Hall–Kier alpha value is 0.01000. The average Bonchev–Trinajstić information content (AvgIpc) is 2.23. The van der Waals surface area contributed by atoms with Crippen molar-refractivity contribution in [2.24, 2.45) is 0 Å². The summed E-state index contributed by atoms with van der Waals surface area (Å²) in [4.78, 5) is 0. The number of rotatable bonds is 1. The van der Waals surface area contributed by atoms with Gasteiger partial charge in [-0.3, -0.25) is 0 Å². The fourth-order valence-electron chi connectivity index (χ4n) is 1.93. The lowest BCUT2D eigenvalue weighted by molar-refractivity contribution is 0.0464. The highest BCUT2D eigenvalue weighted by Gasteiger charge is 2.35. The molecule has 15 heavy (non-hydrogen) atoms. The van der Waals surface area contributed by atoms with Crippen molar-refractivity contribution in [1.82, 2.24) is 0 Å². The first kappa shape index (κ1) is 11.5. The summed E-state index contributed by atoms with van der Waals surface area (Å²) in [6, 6.07) is 7.98. The molecule has 1 nitrogen and oxygen atoms in total. The van der Waals surface area contributed by atoms with Gasteiger partial charge in [-0.2, -0.15) is 11.8 Å². The molecule has 1 aliphatic rings.